The summed E-state index contributed by atoms with van der Waals surface area (Å²) in [5.74, 6) is 0. The van der Waals surface area contributed by atoms with Crippen LogP contribution in [0.15, 0.2) is 0 Å². The highest BCUT2D eigenvalue weighted by molar-refractivity contribution is 5.71. The summed E-state index contributed by atoms with van der Waals surface area (Å²) in [4.78, 5) is 29.6. The average molecular weight is 380 g/mol. The zero-order valence-corrected chi connectivity index (χ0v) is 16.8. The minimum Gasteiger partial charge on any atom is -0.465 e. The van der Waals surface area contributed by atoms with Crippen molar-refractivity contribution in [2.24, 2.45) is 5.41 Å². The Labute approximate surface area is 161 Å². The van der Waals surface area contributed by atoms with Crippen molar-refractivity contribution in [1.82, 2.24) is 14.7 Å². The molecule has 3 heterocycles. The monoisotopic (exact) mass is 379 g/mol. The number of likely N-dealkylation sites (N-methyl/N-ethyl adjacent to an activating group) is 1. The van der Waals surface area contributed by atoms with Gasteiger partial charge in [0.25, 0.3) is 0 Å². The molecule has 7 heteroatoms. The minimum atomic E-state index is -0.773. The van der Waals surface area contributed by atoms with E-state index in [4.69, 9.17) is 4.74 Å². The summed E-state index contributed by atoms with van der Waals surface area (Å²) in [5.41, 5.74) is -0.0833. The van der Waals surface area contributed by atoms with Gasteiger partial charge in [0, 0.05) is 56.5 Å². The molecule has 0 aromatic heterocycles. The van der Waals surface area contributed by atoms with E-state index in [0.29, 0.717) is 19.1 Å². The molecule has 27 heavy (non-hydrogen) atoms. The van der Waals surface area contributed by atoms with Crippen LogP contribution < -0.4 is 0 Å². The van der Waals surface area contributed by atoms with Gasteiger partial charge in [-0.25, -0.2) is 9.59 Å². The second-order valence-corrected chi connectivity index (χ2v) is 8.94. The normalized spacial score (nSPS) is 38.0. The van der Waals surface area contributed by atoms with Gasteiger partial charge in [-0.3, -0.25) is 0 Å². The number of hydrogen-bond donors (Lipinski definition) is 1. The highest BCUT2D eigenvalue weighted by Crippen LogP contribution is 2.56. The molecule has 3 saturated heterocycles. The Hall–Kier alpha value is -1.50. The van der Waals surface area contributed by atoms with E-state index in [9.17, 15) is 14.7 Å². The first-order valence-electron chi connectivity index (χ1n) is 10.6. The predicted octanol–water partition coefficient (Wildman–Crippen LogP) is 2.99. The second kappa shape index (κ2) is 6.54. The maximum atomic E-state index is 12.3. The molecule has 4 aliphatic rings. The standard InChI is InChI=1S/C20H33N3O4/c1-4-15-19(13-23(15)17(24)25)11-14(12-19)21-9-7-20(8-10-21)16(5-2)22(6-3)18(26)27-20/h14-16H,4-13H2,1-3H3,(H,24,25). The summed E-state index contributed by atoms with van der Waals surface area (Å²) in [6.07, 6.45) is 4.98. The summed E-state index contributed by atoms with van der Waals surface area (Å²) in [5, 5.41) is 9.30. The maximum Gasteiger partial charge on any atom is 0.410 e. The molecule has 4 rings (SSSR count). The maximum absolute atomic E-state index is 12.3. The molecule has 1 aliphatic carbocycles. The van der Waals surface area contributed by atoms with Crippen LogP contribution in [0.4, 0.5) is 9.59 Å². The Balaban J connectivity index is 1.34. The van der Waals surface area contributed by atoms with Crippen molar-refractivity contribution < 1.29 is 19.4 Å². The summed E-state index contributed by atoms with van der Waals surface area (Å²) in [6, 6.07) is 0.956. The van der Waals surface area contributed by atoms with Gasteiger partial charge < -0.3 is 24.5 Å². The fourth-order valence-corrected chi connectivity index (χ4v) is 6.52. The lowest BCUT2D eigenvalue weighted by Gasteiger charge is -2.65. The molecule has 2 atom stereocenters. The average Bonchev–Trinajstić information content (AvgIpc) is 2.84. The fraction of sp³-hybridized carbons (Fsp3) is 0.900. The van der Waals surface area contributed by atoms with Gasteiger partial charge >= 0.3 is 12.2 Å². The molecule has 152 valence electrons. The first kappa shape index (κ1) is 18.8. The number of likely N-dealkylation sites (tertiary alicyclic amines) is 2. The van der Waals surface area contributed by atoms with Gasteiger partial charge in [-0.2, -0.15) is 0 Å². The molecule has 1 N–H and O–H groups in total. The third kappa shape index (κ3) is 2.64. The molecule has 0 bridgehead atoms. The fourth-order valence-electron chi connectivity index (χ4n) is 6.52. The molecule has 2 amide bonds. The van der Waals surface area contributed by atoms with Crippen molar-refractivity contribution >= 4 is 12.2 Å². The molecule has 4 fully saturated rings. The quantitative estimate of drug-likeness (QED) is 0.813. The largest absolute Gasteiger partial charge is 0.465 e. The van der Waals surface area contributed by atoms with Gasteiger partial charge in [0.15, 0.2) is 0 Å². The van der Waals surface area contributed by atoms with Gasteiger partial charge in [-0.1, -0.05) is 13.8 Å². The SMILES string of the molecule is CCC1N(C(=O)O)CC12CC(N1CCC3(CC1)OC(=O)N(CC)C3CC)C2. The number of amides is 2. The van der Waals surface area contributed by atoms with Gasteiger partial charge in [0.2, 0.25) is 0 Å². The van der Waals surface area contributed by atoms with Crippen LogP contribution in [-0.4, -0.2) is 81.9 Å². The van der Waals surface area contributed by atoms with Crippen LogP contribution in [-0.2, 0) is 4.74 Å². The van der Waals surface area contributed by atoms with Crippen molar-refractivity contribution in [2.45, 2.75) is 83.0 Å². The highest BCUT2D eigenvalue weighted by atomic mass is 16.6. The number of nitrogens with zero attached hydrogens (tertiary/aromatic N) is 3. The van der Waals surface area contributed by atoms with Crippen molar-refractivity contribution in [3.63, 3.8) is 0 Å². The Bertz CT molecular complexity index is 610. The molecular formula is C20H33N3O4. The van der Waals surface area contributed by atoms with Gasteiger partial charge in [-0.05, 0) is 32.6 Å². The van der Waals surface area contributed by atoms with E-state index in [1.807, 2.05) is 11.8 Å². The molecular weight excluding hydrogens is 346 g/mol. The van der Waals surface area contributed by atoms with E-state index in [1.54, 1.807) is 4.90 Å². The lowest BCUT2D eigenvalue weighted by atomic mass is 9.54. The van der Waals surface area contributed by atoms with Crippen molar-refractivity contribution in [3.8, 4) is 0 Å². The molecule has 0 aromatic carbocycles. The highest BCUT2D eigenvalue weighted by Gasteiger charge is 2.62. The Morgan fingerprint density at radius 2 is 1.78 bits per heavy atom. The van der Waals surface area contributed by atoms with E-state index in [-0.39, 0.29) is 29.2 Å². The molecule has 2 spiro atoms. The smallest absolute Gasteiger partial charge is 0.410 e. The van der Waals surface area contributed by atoms with Crippen molar-refractivity contribution in [2.75, 3.05) is 26.2 Å². The Kier molecular flexibility index (Phi) is 4.56. The van der Waals surface area contributed by atoms with E-state index in [0.717, 1.165) is 51.6 Å². The van der Waals surface area contributed by atoms with Crippen LogP contribution >= 0.6 is 0 Å². The molecule has 1 saturated carbocycles. The predicted molar refractivity (Wildman–Crippen MR) is 101 cm³/mol. The number of ether oxygens (including phenoxy) is 1. The molecule has 0 radical (unpaired) electrons. The van der Waals surface area contributed by atoms with Crippen molar-refractivity contribution in [1.29, 1.82) is 0 Å². The number of rotatable bonds is 4. The minimum absolute atomic E-state index is 0.144. The van der Waals surface area contributed by atoms with Gasteiger partial charge in [-0.15, -0.1) is 0 Å². The van der Waals surface area contributed by atoms with E-state index >= 15 is 0 Å². The zero-order chi connectivity index (χ0) is 19.4. The molecule has 7 nitrogen and oxygen atoms in total. The lowest BCUT2D eigenvalue weighted by molar-refractivity contribution is -0.154. The number of carbonyl (C=O) groups is 2. The first-order valence-corrected chi connectivity index (χ1v) is 10.6. The summed E-state index contributed by atoms with van der Waals surface area (Å²) >= 11 is 0. The summed E-state index contributed by atoms with van der Waals surface area (Å²) < 4.78 is 5.91. The van der Waals surface area contributed by atoms with Crippen LogP contribution in [0.25, 0.3) is 0 Å². The Morgan fingerprint density at radius 3 is 2.30 bits per heavy atom. The van der Waals surface area contributed by atoms with Crippen LogP contribution in [0.5, 0.6) is 0 Å². The molecule has 0 aromatic rings. The molecule has 2 unspecified atom stereocenters. The number of carbonyl (C=O) groups excluding carboxylic acids is 1. The van der Waals surface area contributed by atoms with Gasteiger partial charge in [0.1, 0.15) is 5.60 Å². The van der Waals surface area contributed by atoms with Crippen LogP contribution in [0.1, 0.15) is 59.3 Å². The topological polar surface area (TPSA) is 73.3 Å². The zero-order valence-electron chi connectivity index (χ0n) is 16.8. The first-order chi connectivity index (χ1) is 12.9. The number of hydrogen-bond acceptors (Lipinski definition) is 4. The third-order valence-electron chi connectivity index (χ3n) is 7.88. The van der Waals surface area contributed by atoms with Gasteiger partial charge in [0.05, 0.1) is 6.04 Å². The van der Waals surface area contributed by atoms with E-state index in [1.165, 1.54) is 0 Å². The van der Waals surface area contributed by atoms with Crippen molar-refractivity contribution in [3.05, 3.63) is 0 Å². The summed E-state index contributed by atoms with van der Waals surface area (Å²) in [6.45, 7) is 9.63. The van der Waals surface area contributed by atoms with E-state index < -0.39 is 6.09 Å². The summed E-state index contributed by atoms with van der Waals surface area (Å²) in [7, 11) is 0. The number of carboxylic acid groups (broad SMARTS) is 1. The van der Waals surface area contributed by atoms with E-state index in [2.05, 4.69) is 18.7 Å². The number of piperidine rings is 1. The molecule has 3 aliphatic heterocycles. The van der Waals surface area contributed by atoms with Crippen LogP contribution in [0.2, 0.25) is 0 Å². The second-order valence-electron chi connectivity index (χ2n) is 8.94. The third-order valence-corrected chi connectivity index (χ3v) is 7.88. The van der Waals surface area contributed by atoms with Crippen LogP contribution in [0, 0.1) is 5.41 Å². The lowest BCUT2D eigenvalue weighted by Crippen LogP contribution is -2.73. The van der Waals surface area contributed by atoms with Crippen LogP contribution in [0.3, 0.4) is 0 Å². The Morgan fingerprint density at radius 1 is 1.15 bits per heavy atom.